The summed E-state index contributed by atoms with van der Waals surface area (Å²) in [4.78, 5) is 11.0. The van der Waals surface area contributed by atoms with Crippen LogP contribution in [0, 0.1) is 17.8 Å². The van der Waals surface area contributed by atoms with E-state index in [4.69, 9.17) is 0 Å². The van der Waals surface area contributed by atoms with Gasteiger partial charge in [0, 0.05) is 12.3 Å². The van der Waals surface area contributed by atoms with E-state index in [9.17, 15) is 4.79 Å². The Morgan fingerprint density at radius 3 is 2.44 bits per heavy atom. The summed E-state index contributed by atoms with van der Waals surface area (Å²) in [5.74, 6) is 2.49. The molecule has 2 aliphatic carbocycles. The first-order chi connectivity index (χ1) is 4.29. The zero-order chi connectivity index (χ0) is 6.43. The lowest BCUT2D eigenvalue weighted by molar-refractivity contribution is -0.122. The molecule has 0 aliphatic heterocycles. The van der Waals surface area contributed by atoms with Gasteiger partial charge in [0.15, 0.2) is 0 Å². The van der Waals surface area contributed by atoms with Crippen LogP contribution in [-0.4, -0.2) is 5.78 Å². The fourth-order valence-corrected chi connectivity index (χ4v) is 2.40. The average Bonchev–Trinajstić information content (AvgIpc) is 2.25. The third-order valence-electron chi connectivity index (χ3n) is 3.10. The molecule has 50 valence electrons. The van der Waals surface area contributed by atoms with E-state index in [1.807, 2.05) is 0 Å². The van der Waals surface area contributed by atoms with Gasteiger partial charge in [0.05, 0.1) is 0 Å². The number of carbonyl (C=O) groups is 1. The zero-order valence-corrected chi connectivity index (χ0v) is 5.76. The molecule has 2 fully saturated rings. The lowest BCUT2D eigenvalue weighted by Gasteiger charge is -2.04. The maximum Gasteiger partial charge on any atom is 0.136 e. The number of carbonyl (C=O) groups excluding carboxylic acids is 1. The Morgan fingerprint density at radius 1 is 1.44 bits per heavy atom. The molecule has 2 unspecified atom stereocenters. The van der Waals surface area contributed by atoms with E-state index >= 15 is 0 Å². The Hall–Kier alpha value is -0.330. The standard InChI is InChI=1S/C8H12O/c1-5-6-2-3-7(5)8(9)4-6/h5-7H,2-4H2,1H3/t5-,6?,7?/m1/s1. The molecule has 0 aromatic carbocycles. The second kappa shape index (κ2) is 1.59. The van der Waals surface area contributed by atoms with Gasteiger partial charge >= 0.3 is 0 Å². The molecule has 1 heteroatoms. The minimum atomic E-state index is 0.468. The average molecular weight is 124 g/mol. The van der Waals surface area contributed by atoms with Crippen molar-refractivity contribution in [1.29, 1.82) is 0 Å². The van der Waals surface area contributed by atoms with Crippen molar-refractivity contribution < 1.29 is 4.79 Å². The molecule has 2 saturated carbocycles. The maximum absolute atomic E-state index is 11.0. The second-order valence-electron chi connectivity index (χ2n) is 3.47. The fourth-order valence-electron chi connectivity index (χ4n) is 2.40. The Labute approximate surface area is 55.4 Å². The highest BCUT2D eigenvalue weighted by atomic mass is 16.1. The molecule has 2 aliphatic rings. The van der Waals surface area contributed by atoms with Crippen molar-refractivity contribution in [3.8, 4) is 0 Å². The predicted molar refractivity (Wildman–Crippen MR) is 35.0 cm³/mol. The lowest BCUT2D eigenvalue weighted by Crippen LogP contribution is -2.09. The molecule has 0 heterocycles. The largest absolute Gasteiger partial charge is 0.299 e. The van der Waals surface area contributed by atoms with Crippen LogP contribution in [0.25, 0.3) is 0 Å². The molecule has 0 aromatic heterocycles. The van der Waals surface area contributed by atoms with Crippen LogP contribution >= 0.6 is 0 Å². The first kappa shape index (κ1) is 5.45. The van der Waals surface area contributed by atoms with Crippen LogP contribution in [0.5, 0.6) is 0 Å². The van der Waals surface area contributed by atoms with Crippen LogP contribution in [-0.2, 0) is 4.79 Å². The summed E-state index contributed by atoms with van der Waals surface area (Å²) in [5.41, 5.74) is 0. The maximum atomic E-state index is 11.0. The van der Waals surface area contributed by atoms with Crippen molar-refractivity contribution in [2.75, 3.05) is 0 Å². The van der Waals surface area contributed by atoms with Crippen LogP contribution < -0.4 is 0 Å². The van der Waals surface area contributed by atoms with Gasteiger partial charge in [-0.05, 0) is 24.7 Å². The van der Waals surface area contributed by atoms with Gasteiger partial charge in [0.2, 0.25) is 0 Å². The lowest BCUT2D eigenvalue weighted by atomic mass is 10.00. The summed E-state index contributed by atoms with van der Waals surface area (Å²) in [6, 6.07) is 0. The summed E-state index contributed by atoms with van der Waals surface area (Å²) < 4.78 is 0. The molecular formula is C8H12O. The van der Waals surface area contributed by atoms with E-state index in [0.29, 0.717) is 11.7 Å². The van der Waals surface area contributed by atoms with Crippen LogP contribution in [0.4, 0.5) is 0 Å². The van der Waals surface area contributed by atoms with Crippen LogP contribution in [0.2, 0.25) is 0 Å². The molecule has 0 amide bonds. The van der Waals surface area contributed by atoms with Crippen molar-refractivity contribution in [3.05, 3.63) is 0 Å². The fraction of sp³-hybridized carbons (Fsp3) is 0.875. The Bertz CT molecular complexity index is 151. The second-order valence-corrected chi connectivity index (χ2v) is 3.47. The van der Waals surface area contributed by atoms with Crippen molar-refractivity contribution in [1.82, 2.24) is 0 Å². The quantitative estimate of drug-likeness (QED) is 0.479. The molecule has 0 aromatic rings. The Morgan fingerprint density at radius 2 is 2.22 bits per heavy atom. The first-order valence-corrected chi connectivity index (χ1v) is 3.82. The summed E-state index contributed by atoms with van der Waals surface area (Å²) in [6.45, 7) is 2.23. The van der Waals surface area contributed by atoms with Gasteiger partial charge in [-0.2, -0.15) is 0 Å². The SMILES string of the molecule is C[C@@H]1C2CCC1C(=O)C2. The predicted octanol–water partition coefficient (Wildman–Crippen LogP) is 1.62. The number of fused-ring (bicyclic) bond motifs is 2. The highest BCUT2D eigenvalue weighted by Crippen LogP contribution is 2.46. The number of rotatable bonds is 0. The van der Waals surface area contributed by atoms with Gasteiger partial charge in [-0.3, -0.25) is 4.79 Å². The zero-order valence-electron chi connectivity index (χ0n) is 5.76. The number of hydrogen-bond donors (Lipinski definition) is 0. The van der Waals surface area contributed by atoms with E-state index < -0.39 is 0 Å². The highest BCUT2D eigenvalue weighted by Gasteiger charge is 2.44. The molecule has 2 rings (SSSR count). The molecule has 0 spiro atoms. The first-order valence-electron chi connectivity index (χ1n) is 3.82. The Balaban J connectivity index is 2.26. The Kier molecular flexibility index (Phi) is 0.961. The van der Waals surface area contributed by atoms with Gasteiger partial charge in [-0.15, -0.1) is 0 Å². The van der Waals surface area contributed by atoms with Gasteiger partial charge in [0.1, 0.15) is 5.78 Å². The molecule has 0 N–H and O–H groups in total. The highest BCUT2D eigenvalue weighted by molar-refractivity contribution is 5.84. The number of ketones is 1. The summed E-state index contributed by atoms with van der Waals surface area (Å²) in [6.07, 6.45) is 3.40. The summed E-state index contributed by atoms with van der Waals surface area (Å²) in [7, 11) is 0. The van der Waals surface area contributed by atoms with Crippen molar-refractivity contribution in [2.45, 2.75) is 26.2 Å². The van der Waals surface area contributed by atoms with Gasteiger partial charge in [0.25, 0.3) is 0 Å². The summed E-state index contributed by atoms with van der Waals surface area (Å²) in [5, 5.41) is 0. The normalized spacial score (nSPS) is 48.6. The van der Waals surface area contributed by atoms with Crippen molar-refractivity contribution >= 4 is 5.78 Å². The van der Waals surface area contributed by atoms with Gasteiger partial charge < -0.3 is 0 Å². The smallest absolute Gasteiger partial charge is 0.136 e. The third-order valence-corrected chi connectivity index (χ3v) is 3.10. The van der Waals surface area contributed by atoms with E-state index in [0.717, 1.165) is 18.3 Å². The van der Waals surface area contributed by atoms with E-state index in [2.05, 4.69) is 6.92 Å². The monoisotopic (exact) mass is 124 g/mol. The molecule has 1 nitrogen and oxygen atoms in total. The van der Waals surface area contributed by atoms with E-state index in [1.165, 1.54) is 12.8 Å². The number of hydrogen-bond acceptors (Lipinski definition) is 1. The van der Waals surface area contributed by atoms with Gasteiger partial charge in [-0.1, -0.05) is 6.92 Å². The molecular weight excluding hydrogens is 112 g/mol. The third kappa shape index (κ3) is 0.577. The van der Waals surface area contributed by atoms with Gasteiger partial charge in [-0.25, -0.2) is 0 Å². The number of Topliss-reactive ketones (excluding diaryl/α,β-unsaturated/α-hetero) is 1. The van der Waals surface area contributed by atoms with Crippen molar-refractivity contribution in [3.63, 3.8) is 0 Å². The molecule has 9 heavy (non-hydrogen) atoms. The molecule has 2 bridgehead atoms. The summed E-state index contributed by atoms with van der Waals surface area (Å²) >= 11 is 0. The molecule has 0 saturated heterocycles. The molecule has 0 radical (unpaired) electrons. The van der Waals surface area contributed by atoms with E-state index in [-0.39, 0.29) is 0 Å². The minimum Gasteiger partial charge on any atom is -0.299 e. The minimum absolute atomic E-state index is 0.468. The molecule has 3 atom stereocenters. The van der Waals surface area contributed by atoms with E-state index in [1.54, 1.807) is 0 Å². The topological polar surface area (TPSA) is 17.1 Å². The van der Waals surface area contributed by atoms with Crippen LogP contribution in [0.3, 0.4) is 0 Å². The van der Waals surface area contributed by atoms with Crippen LogP contribution in [0.1, 0.15) is 26.2 Å². The van der Waals surface area contributed by atoms with Crippen LogP contribution in [0.15, 0.2) is 0 Å². The van der Waals surface area contributed by atoms with Crippen molar-refractivity contribution in [2.24, 2.45) is 17.8 Å².